The average Bonchev–Trinajstić information content (AvgIpc) is 3.66. The van der Waals surface area contributed by atoms with Crippen molar-refractivity contribution in [2.24, 2.45) is 5.41 Å². The Bertz CT molecular complexity index is 1890. The molecule has 4 N–H and O–H groups in total. The van der Waals surface area contributed by atoms with Crippen LogP contribution in [-0.2, 0) is 9.53 Å². The Balaban J connectivity index is 1.45. The lowest BCUT2D eigenvalue weighted by Crippen LogP contribution is -2.57. The molecule has 0 saturated carbocycles. The summed E-state index contributed by atoms with van der Waals surface area (Å²) in [6, 6.07) is 2.78. The molecule has 14 nitrogen and oxygen atoms in total. The van der Waals surface area contributed by atoms with E-state index in [0.29, 0.717) is 31.0 Å². The Morgan fingerprint density at radius 3 is 2.09 bits per heavy atom. The second-order valence-corrected chi connectivity index (χ2v) is 13.0. The summed E-state index contributed by atoms with van der Waals surface area (Å²) in [6.07, 6.45) is -20.1. The number of aliphatic carboxylic acids is 1. The van der Waals surface area contributed by atoms with E-state index in [9.17, 15) is 64.1 Å². The van der Waals surface area contributed by atoms with Crippen LogP contribution in [0.5, 0.6) is 5.88 Å². The zero-order valence-corrected chi connectivity index (χ0v) is 28.0. The van der Waals surface area contributed by atoms with Crippen LogP contribution in [-0.4, -0.2) is 103 Å². The molecule has 0 aliphatic carbocycles. The maximum atomic E-state index is 14.8. The zero-order chi connectivity index (χ0) is 40.2. The Kier molecular flexibility index (Phi) is 10.1. The largest absolute Gasteiger partial charge is 0.480 e. The van der Waals surface area contributed by atoms with Crippen molar-refractivity contribution in [2.75, 3.05) is 30.3 Å². The number of nitrogens with zero attached hydrogens (tertiary/aromatic N) is 6. The van der Waals surface area contributed by atoms with Crippen molar-refractivity contribution in [3.63, 3.8) is 0 Å². The van der Waals surface area contributed by atoms with Gasteiger partial charge in [-0.25, -0.2) is 19.1 Å². The lowest BCUT2D eigenvalue weighted by molar-refractivity contribution is -0.358. The fraction of sp³-hybridized carbons (Fsp3) is 0.484. The Morgan fingerprint density at radius 2 is 1.59 bits per heavy atom. The van der Waals surface area contributed by atoms with Crippen LogP contribution in [0.2, 0.25) is 0 Å². The van der Waals surface area contributed by atoms with Gasteiger partial charge in [0, 0.05) is 37.5 Å². The third-order valence-corrected chi connectivity index (χ3v) is 9.33. The highest BCUT2D eigenvalue weighted by Gasteiger charge is 2.71. The van der Waals surface area contributed by atoms with Gasteiger partial charge in [-0.3, -0.25) is 4.90 Å². The number of piperidine rings is 1. The van der Waals surface area contributed by atoms with Gasteiger partial charge in [-0.15, -0.1) is 0 Å². The number of carboxylic acid groups (broad SMARTS) is 2. The van der Waals surface area contributed by atoms with E-state index in [-0.39, 0.29) is 37.6 Å². The molecule has 2 fully saturated rings. The molecule has 4 heterocycles. The van der Waals surface area contributed by atoms with E-state index in [1.54, 1.807) is 4.90 Å². The zero-order valence-electron chi connectivity index (χ0n) is 28.0. The van der Waals surface area contributed by atoms with E-state index < -0.39 is 95.3 Å². The number of rotatable bonds is 8. The molecular formula is C31H30F9N7O7. The van der Waals surface area contributed by atoms with Gasteiger partial charge in [-0.1, -0.05) is 6.07 Å². The number of likely N-dealkylation sites (tertiary alicyclic amines) is 1. The number of ether oxygens (including phenoxy) is 2. The normalized spacial score (nSPS) is 18.5. The van der Waals surface area contributed by atoms with Crippen molar-refractivity contribution in [3.8, 4) is 11.6 Å². The van der Waals surface area contributed by atoms with E-state index in [2.05, 4.69) is 19.8 Å². The Morgan fingerprint density at radius 1 is 0.963 bits per heavy atom. The molecule has 2 aliphatic rings. The molecule has 1 unspecified atom stereocenters. The second kappa shape index (κ2) is 13.7. The SMILES string of the molecule is Cc1ccn(-c2cc(C(=O)OC(C)(C(F)(F)F)C(F)(F)F)ccc2C(Oc2cc(N3CCC4(CC3)C[C@@H](C(=O)O)N(C(=O)O)C4)nc(N)n2)C(F)(F)F)n1. The molecule has 2 saturated heterocycles. The number of carboxylic acids is 1. The minimum atomic E-state index is -6.12. The van der Waals surface area contributed by atoms with E-state index in [0.717, 1.165) is 21.8 Å². The molecule has 23 heteroatoms. The number of carbonyl (C=O) groups excluding carboxylic acids is 1. The highest BCUT2D eigenvalue weighted by molar-refractivity contribution is 5.90. The van der Waals surface area contributed by atoms with Gasteiger partial charge in [-0.05, 0) is 56.7 Å². The smallest absolute Gasteiger partial charge is 0.437 e. The topological polar surface area (TPSA) is 186 Å². The maximum Gasteiger partial charge on any atom is 0.437 e. The number of hydrogen-bond donors (Lipinski definition) is 3. The van der Waals surface area contributed by atoms with Crippen molar-refractivity contribution in [1.29, 1.82) is 0 Å². The van der Waals surface area contributed by atoms with Crippen molar-refractivity contribution in [3.05, 3.63) is 53.3 Å². The third kappa shape index (κ3) is 7.74. The van der Waals surface area contributed by atoms with Gasteiger partial charge >= 0.3 is 36.6 Å². The summed E-state index contributed by atoms with van der Waals surface area (Å²) in [5, 5.41) is 23.0. The van der Waals surface area contributed by atoms with Crippen LogP contribution in [0.1, 0.15) is 53.9 Å². The first-order chi connectivity index (χ1) is 24.8. The Hall–Kier alpha value is -5.51. The first kappa shape index (κ1) is 39.7. The minimum Gasteiger partial charge on any atom is -0.480 e. The molecule has 294 valence electrons. The number of carbonyl (C=O) groups is 3. The Labute approximate surface area is 298 Å². The molecule has 1 spiro atoms. The number of aromatic nitrogens is 4. The summed E-state index contributed by atoms with van der Waals surface area (Å²) in [6.45, 7) is 1.31. The molecule has 1 aromatic carbocycles. The summed E-state index contributed by atoms with van der Waals surface area (Å²) >= 11 is 0. The fourth-order valence-corrected chi connectivity index (χ4v) is 6.29. The number of halogens is 9. The van der Waals surface area contributed by atoms with E-state index in [4.69, 9.17) is 10.5 Å². The quantitative estimate of drug-likeness (QED) is 0.187. The highest BCUT2D eigenvalue weighted by Crippen LogP contribution is 2.47. The molecule has 2 aliphatic heterocycles. The van der Waals surface area contributed by atoms with Crippen LogP contribution in [0.15, 0.2) is 36.5 Å². The van der Waals surface area contributed by atoms with Crippen molar-refractivity contribution >= 4 is 29.8 Å². The van der Waals surface area contributed by atoms with E-state index in [1.807, 2.05) is 0 Å². The van der Waals surface area contributed by atoms with Crippen LogP contribution < -0.4 is 15.4 Å². The number of nitrogens with two attached hydrogens (primary N) is 1. The number of nitrogen functional groups attached to an aromatic ring is 1. The van der Waals surface area contributed by atoms with Gasteiger partial charge in [0.2, 0.25) is 17.9 Å². The first-order valence-electron chi connectivity index (χ1n) is 15.7. The van der Waals surface area contributed by atoms with Gasteiger partial charge in [0.15, 0.2) is 0 Å². The van der Waals surface area contributed by atoms with Crippen molar-refractivity contribution in [1.82, 2.24) is 24.6 Å². The maximum absolute atomic E-state index is 14.8. The van der Waals surface area contributed by atoms with Crippen molar-refractivity contribution in [2.45, 2.75) is 69.4 Å². The molecule has 54 heavy (non-hydrogen) atoms. The predicted octanol–water partition coefficient (Wildman–Crippen LogP) is 5.70. The van der Waals surface area contributed by atoms with E-state index >= 15 is 0 Å². The van der Waals surface area contributed by atoms with Crippen LogP contribution in [0.25, 0.3) is 5.69 Å². The minimum absolute atomic E-state index is 0.00884. The first-order valence-corrected chi connectivity index (χ1v) is 15.7. The summed E-state index contributed by atoms with van der Waals surface area (Å²) in [4.78, 5) is 46.3. The number of esters is 1. The number of benzene rings is 1. The van der Waals surface area contributed by atoms with Crippen LogP contribution in [0.4, 0.5) is 56.1 Å². The van der Waals surface area contributed by atoms with Gasteiger partial charge in [0.25, 0.3) is 5.60 Å². The summed E-state index contributed by atoms with van der Waals surface area (Å²) < 4.78 is 135. The van der Waals surface area contributed by atoms with Gasteiger partial charge in [0.05, 0.1) is 16.9 Å². The lowest BCUT2D eigenvalue weighted by Gasteiger charge is -2.39. The second-order valence-electron chi connectivity index (χ2n) is 13.0. The number of amides is 1. The number of anilines is 2. The molecule has 1 amide bonds. The van der Waals surface area contributed by atoms with E-state index in [1.165, 1.54) is 13.0 Å². The van der Waals surface area contributed by atoms with Gasteiger partial charge in [0.1, 0.15) is 11.9 Å². The van der Waals surface area contributed by atoms with Gasteiger partial charge < -0.3 is 30.3 Å². The predicted molar refractivity (Wildman–Crippen MR) is 165 cm³/mol. The third-order valence-electron chi connectivity index (χ3n) is 9.33. The fourth-order valence-electron chi connectivity index (χ4n) is 6.29. The van der Waals surface area contributed by atoms with Crippen LogP contribution in [0.3, 0.4) is 0 Å². The standard InChI is InChI=1S/C31H30F9N7O7/c1-15-5-8-47(44-15)18-11-16(24(50)54-27(2,30(35,36)37)31(38,39)40)3-4-17(18)22(29(32,33)34)53-21-12-20(42-25(41)43-21)45-9-6-28(7-10-45)13-19(23(48)49)46(14-28)26(51)52/h3-5,8,11-12,19,22H,6-7,9-10,13-14H2,1-2H3,(H,48,49)(H,51,52)(H2,41,42,43)/t19-,22?/m0/s1. The molecular weight excluding hydrogens is 753 g/mol. The van der Waals surface area contributed by atoms with Crippen LogP contribution >= 0.6 is 0 Å². The number of alkyl halides is 9. The summed E-state index contributed by atoms with van der Waals surface area (Å²) in [7, 11) is 0. The van der Waals surface area contributed by atoms with Gasteiger partial charge in [-0.2, -0.15) is 54.6 Å². The molecule has 0 radical (unpaired) electrons. The molecule has 2 atom stereocenters. The molecule has 3 aromatic rings. The summed E-state index contributed by atoms with van der Waals surface area (Å²) in [5.74, 6) is -4.68. The molecule has 0 bridgehead atoms. The average molecular weight is 784 g/mol. The van der Waals surface area contributed by atoms with Crippen LogP contribution in [0, 0.1) is 12.3 Å². The monoisotopic (exact) mass is 783 g/mol. The number of hydrogen-bond acceptors (Lipinski definition) is 10. The highest BCUT2D eigenvalue weighted by atomic mass is 19.4. The number of aryl methyl sites for hydroxylation is 1. The van der Waals surface area contributed by atoms with Crippen molar-refractivity contribution < 1.29 is 73.6 Å². The molecule has 2 aromatic heterocycles. The molecule has 5 rings (SSSR count). The summed E-state index contributed by atoms with van der Waals surface area (Å²) in [5.41, 5.74) is -2.01. The lowest BCUT2D eigenvalue weighted by atomic mass is 9.76.